The molecule has 236 valence electrons. The second-order valence-corrected chi connectivity index (χ2v) is 8.02. The van der Waals surface area contributed by atoms with Gasteiger partial charge in [0.25, 0.3) is 0 Å². The number of aliphatic carboxylic acids is 1. The molecule has 0 aliphatic rings. The third kappa shape index (κ3) is 28.9. The van der Waals surface area contributed by atoms with E-state index in [0.717, 1.165) is 0 Å². The van der Waals surface area contributed by atoms with Gasteiger partial charge in [0.1, 0.15) is 12.6 Å². The fourth-order valence-electron chi connectivity index (χ4n) is 2.83. The fourth-order valence-corrected chi connectivity index (χ4v) is 2.83. The first-order chi connectivity index (χ1) is 19.6. The minimum absolute atomic E-state index is 0.0194. The highest BCUT2D eigenvalue weighted by molar-refractivity contribution is 5.79. The number of carboxylic acids is 1. The summed E-state index contributed by atoms with van der Waals surface area (Å²) in [6.07, 6.45) is 1.12. The second kappa shape index (κ2) is 31.4. The van der Waals surface area contributed by atoms with E-state index in [-0.39, 0.29) is 19.6 Å². The van der Waals surface area contributed by atoms with Gasteiger partial charge >= 0.3 is 12.1 Å². The zero-order valence-electron chi connectivity index (χ0n) is 23.6. The van der Waals surface area contributed by atoms with Crippen LogP contribution in [0, 0.1) is 0 Å². The van der Waals surface area contributed by atoms with Gasteiger partial charge in [-0.3, -0.25) is 4.79 Å². The monoisotopic (exact) mass is 584 g/mol. The number of ether oxygens (including phenoxy) is 9. The Morgan fingerprint density at radius 1 is 0.650 bits per heavy atom. The SMILES string of the molecule is COCCOCCOCCOCCOCCOCCOCCOCCOC(=O)NC(CCCCNC=O)C(=O)O. The van der Waals surface area contributed by atoms with Crippen LogP contribution in [0.25, 0.3) is 0 Å². The lowest BCUT2D eigenvalue weighted by Gasteiger charge is -2.14. The van der Waals surface area contributed by atoms with Crippen molar-refractivity contribution in [3.63, 3.8) is 0 Å². The van der Waals surface area contributed by atoms with Crippen LogP contribution in [0.3, 0.4) is 0 Å². The maximum absolute atomic E-state index is 11.7. The topological polar surface area (TPSA) is 179 Å². The Morgan fingerprint density at radius 2 is 1.05 bits per heavy atom. The minimum atomic E-state index is -1.15. The van der Waals surface area contributed by atoms with Gasteiger partial charge in [0.05, 0.1) is 99.1 Å². The molecule has 0 bridgehead atoms. The summed E-state index contributed by atoms with van der Waals surface area (Å²) in [5, 5.41) is 14.0. The highest BCUT2D eigenvalue weighted by Crippen LogP contribution is 2.01. The molecular formula is C25H48N2O13. The molecule has 15 nitrogen and oxygen atoms in total. The summed E-state index contributed by atoms with van der Waals surface area (Å²) in [4.78, 5) is 33.1. The highest BCUT2D eigenvalue weighted by Gasteiger charge is 2.20. The average Bonchev–Trinajstić information content (AvgIpc) is 2.94. The van der Waals surface area contributed by atoms with Gasteiger partial charge in [-0.1, -0.05) is 0 Å². The standard InChI is InChI=1S/C25H48N2O13/c1-32-6-7-33-8-9-34-10-11-35-12-13-36-14-15-37-16-17-38-18-19-39-20-21-40-25(31)27-23(24(29)30)4-2-3-5-26-22-28/h22-23H,2-21H2,1H3,(H,26,28)(H,27,31)(H,29,30). The van der Waals surface area contributed by atoms with Crippen molar-refractivity contribution in [2.75, 3.05) is 119 Å². The summed E-state index contributed by atoms with van der Waals surface area (Å²) in [5.74, 6) is -1.15. The molecule has 0 spiro atoms. The van der Waals surface area contributed by atoms with E-state index < -0.39 is 18.1 Å². The quantitative estimate of drug-likeness (QED) is 0.0702. The Balaban J connectivity index is 3.33. The number of carboxylic acid groups (broad SMARTS) is 1. The number of hydrogen-bond acceptors (Lipinski definition) is 12. The molecule has 1 unspecified atom stereocenters. The van der Waals surface area contributed by atoms with E-state index >= 15 is 0 Å². The Morgan fingerprint density at radius 3 is 1.43 bits per heavy atom. The van der Waals surface area contributed by atoms with Gasteiger partial charge in [0.2, 0.25) is 6.41 Å². The van der Waals surface area contributed by atoms with Crippen LogP contribution in [0.15, 0.2) is 0 Å². The van der Waals surface area contributed by atoms with E-state index in [0.29, 0.717) is 118 Å². The first-order valence-corrected chi connectivity index (χ1v) is 13.5. The second-order valence-electron chi connectivity index (χ2n) is 8.02. The molecule has 0 aromatic carbocycles. The van der Waals surface area contributed by atoms with Gasteiger partial charge in [-0.2, -0.15) is 0 Å². The van der Waals surface area contributed by atoms with Crippen molar-refractivity contribution in [3.05, 3.63) is 0 Å². The van der Waals surface area contributed by atoms with Crippen LogP contribution in [-0.2, 0) is 52.2 Å². The van der Waals surface area contributed by atoms with Crippen LogP contribution in [0.1, 0.15) is 19.3 Å². The third-order valence-electron chi connectivity index (χ3n) is 4.86. The van der Waals surface area contributed by atoms with E-state index in [1.54, 1.807) is 7.11 Å². The summed E-state index contributed by atoms with van der Waals surface area (Å²) in [6, 6.07) is -1.06. The van der Waals surface area contributed by atoms with Crippen molar-refractivity contribution >= 4 is 18.5 Å². The Hall–Kier alpha value is -2.11. The maximum Gasteiger partial charge on any atom is 0.407 e. The zero-order valence-corrected chi connectivity index (χ0v) is 23.6. The van der Waals surface area contributed by atoms with Gasteiger partial charge in [-0.25, -0.2) is 9.59 Å². The Kier molecular flexibility index (Phi) is 29.8. The van der Waals surface area contributed by atoms with E-state index in [1.807, 2.05) is 0 Å². The number of unbranched alkanes of at least 4 members (excludes halogenated alkanes) is 1. The van der Waals surface area contributed by atoms with Crippen molar-refractivity contribution in [1.82, 2.24) is 10.6 Å². The van der Waals surface area contributed by atoms with Crippen LogP contribution in [-0.4, -0.2) is 149 Å². The lowest BCUT2D eigenvalue weighted by atomic mass is 10.1. The summed E-state index contributed by atoms with van der Waals surface area (Å²) in [5.41, 5.74) is 0. The van der Waals surface area contributed by atoms with Crippen molar-refractivity contribution in [2.24, 2.45) is 0 Å². The Bertz CT molecular complexity index is 587. The largest absolute Gasteiger partial charge is 0.480 e. The van der Waals surface area contributed by atoms with Crippen molar-refractivity contribution in [2.45, 2.75) is 25.3 Å². The van der Waals surface area contributed by atoms with Gasteiger partial charge in [0.15, 0.2) is 0 Å². The molecule has 0 saturated heterocycles. The molecule has 3 N–H and O–H groups in total. The van der Waals surface area contributed by atoms with E-state index in [2.05, 4.69) is 10.6 Å². The van der Waals surface area contributed by atoms with Crippen molar-refractivity contribution in [1.29, 1.82) is 0 Å². The smallest absolute Gasteiger partial charge is 0.407 e. The predicted molar refractivity (Wildman–Crippen MR) is 141 cm³/mol. The molecule has 0 saturated carbocycles. The molecule has 0 aromatic heterocycles. The lowest BCUT2D eigenvalue weighted by molar-refractivity contribution is -0.139. The van der Waals surface area contributed by atoms with Gasteiger partial charge in [0, 0.05) is 13.7 Å². The number of rotatable bonds is 32. The van der Waals surface area contributed by atoms with Crippen LogP contribution >= 0.6 is 0 Å². The normalized spacial score (nSPS) is 11.7. The molecule has 0 radical (unpaired) electrons. The first-order valence-electron chi connectivity index (χ1n) is 13.5. The van der Waals surface area contributed by atoms with Gasteiger partial charge < -0.3 is 58.4 Å². The highest BCUT2D eigenvalue weighted by atomic mass is 16.6. The average molecular weight is 585 g/mol. The Labute approximate surface area is 236 Å². The molecule has 0 rings (SSSR count). The number of carbonyl (C=O) groups is 3. The van der Waals surface area contributed by atoms with Gasteiger partial charge in [-0.05, 0) is 19.3 Å². The molecule has 0 heterocycles. The summed E-state index contributed by atoms with van der Waals surface area (Å²) < 4.78 is 47.3. The van der Waals surface area contributed by atoms with Crippen molar-refractivity contribution < 1.29 is 62.1 Å². The van der Waals surface area contributed by atoms with Crippen LogP contribution in [0.4, 0.5) is 4.79 Å². The predicted octanol–water partition coefficient (Wildman–Crippen LogP) is -0.155. The molecule has 0 aliphatic heterocycles. The maximum atomic E-state index is 11.7. The summed E-state index contributed by atoms with van der Waals surface area (Å²) in [7, 11) is 1.63. The van der Waals surface area contributed by atoms with Crippen LogP contribution < -0.4 is 10.6 Å². The lowest BCUT2D eigenvalue weighted by Crippen LogP contribution is -2.41. The number of amides is 2. The summed E-state index contributed by atoms with van der Waals surface area (Å²) in [6.45, 7) is 7.16. The molecule has 0 aromatic rings. The molecule has 0 aliphatic carbocycles. The number of carbonyl (C=O) groups excluding carboxylic acids is 2. The fraction of sp³-hybridized carbons (Fsp3) is 0.880. The number of nitrogens with one attached hydrogen (secondary N) is 2. The minimum Gasteiger partial charge on any atom is -0.480 e. The molecular weight excluding hydrogens is 536 g/mol. The molecule has 2 amide bonds. The van der Waals surface area contributed by atoms with Crippen LogP contribution in [0.2, 0.25) is 0 Å². The van der Waals surface area contributed by atoms with Gasteiger partial charge in [-0.15, -0.1) is 0 Å². The third-order valence-corrected chi connectivity index (χ3v) is 4.86. The number of methoxy groups -OCH3 is 1. The van der Waals surface area contributed by atoms with E-state index in [4.69, 9.17) is 42.6 Å². The zero-order chi connectivity index (χ0) is 29.4. The van der Waals surface area contributed by atoms with Crippen molar-refractivity contribution in [3.8, 4) is 0 Å². The summed E-state index contributed by atoms with van der Waals surface area (Å²) >= 11 is 0. The van der Waals surface area contributed by atoms with Crippen LogP contribution in [0.5, 0.6) is 0 Å². The molecule has 0 fully saturated rings. The molecule has 1 atom stereocenters. The number of hydrogen-bond donors (Lipinski definition) is 3. The van der Waals surface area contributed by atoms with E-state index in [1.165, 1.54) is 0 Å². The molecule has 40 heavy (non-hydrogen) atoms. The first kappa shape index (κ1) is 37.9. The molecule has 15 heteroatoms. The number of alkyl carbamates (subject to hydrolysis) is 1. The van der Waals surface area contributed by atoms with E-state index in [9.17, 15) is 19.5 Å².